The quantitative estimate of drug-likeness (QED) is 0.0271. The molecule has 314 valence electrons. The molecule has 9 nitrogen and oxygen atoms in total. The smallest absolute Gasteiger partial charge is 0.462 e. The van der Waals surface area contributed by atoms with E-state index in [4.69, 9.17) is 24.3 Å². The number of ether oxygens (including phenoxy) is 2. The van der Waals surface area contributed by atoms with E-state index in [-0.39, 0.29) is 32.6 Å². The zero-order valence-corrected chi connectivity index (χ0v) is 35.3. The van der Waals surface area contributed by atoms with Crippen LogP contribution in [0.3, 0.4) is 0 Å². The van der Waals surface area contributed by atoms with Crippen LogP contribution in [0.5, 0.6) is 0 Å². The predicted octanol–water partition coefficient (Wildman–Crippen LogP) is 12.0. The highest BCUT2D eigenvalue weighted by atomic mass is 31.2. The van der Waals surface area contributed by atoms with Crippen molar-refractivity contribution in [3.63, 3.8) is 0 Å². The average molecular weight is 790 g/mol. The molecular weight excluding hydrogens is 713 g/mol. The summed E-state index contributed by atoms with van der Waals surface area (Å²) in [6.45, 7) is 3.47. The van der Waals surface area contributed by atoms with Gasteiger partial charge >= 0.3 is 19.8 Å². The van der Waals surface area contributed by atoms with Crippen LogP contribution in [-0.2, 0) is 32.7 Å². The number of carbonyl (C=O) groups is 2. The number of hydrogen-bond acceptors (Lipinski definition) is 8. The third-order valence-corrected chi connectivity index (χ3v) is 9.28. The Morgan fingerprint density at radius 3 is 1.51 bits per heavy atom. The fourth-order valence-corrected chi connectivity index (χ4v) is 5.97. The molecule has 0 rings (SSSR count). The first-order chi connectivity index (χ1) is 26.8. The second-order valence-corrected chi connectivity index (χ2v) is 14.9. The summed E-state index contributed by atoms with van der Waals surface area (Å²) >= 11 is 0. The van der Waals surface area contributed by atoms with Crippen molar-refractivity contribution in [3.8, 4) is 0 Å². The molecule has 0 aliphatic rings. The minimum Gasteiger partial charge on any atom is -0.462 e. The number of carbonyl (C=O) groups excluding carboxylic acids is 2. The van der Waals surface area contributed by atoms with Crippen LogP contribution >= 0.6 is 7.82 Å². The lowest BCUT2D eigenvalue weighted by molar-refractivity contribution is -0.161. The number of nitrogens with two attached hydrogens (primary N) is 1. The van der Waals surface area contributed by atoms with E-state index in [0.717, 1.165) is 51.4 Å². The SMILES string of the molecule is CC/C=C\C/C=C\C/C=C\C/C=C\C/C=C\C/C=C\CCC(=O)OC(COC(=O)CC/C=C\CCCCCCCCCCCCC)COP(=O)(O)OCCN. The summed E-state index contributed by atoms with van der Waals surface area (Å²) in [7, 11) is -4.41. The van der Waals surface area contributed by atoms with Crippen molar-refractivity contribution in [1.29, 1.82) is 0 Å². The van der Waals surface area contributed by atoms with Crippen LogP contribution in [0.2, 0.25) is 0 Å². The van der Waals surface area contributed by atoms with Gasteiger partial charge in [0.05, 0.1) is 13.2 Å². The number of unbranched alkanes of at least 4 members (excludes halogenated alkanes) is 11. The molecule has 0 aromatic heterocycles. The maximum Gasteiger partial charge on any atom is 0.472 e. The van der Waals surface area contributed by atoms with Crippen molar-refractivity contribution in [2.75, 3.05) is 26.4 Å². The second-order valence-electron chi connectivity index (χ2n) is 13.5. The van der Waals surface area contributed by atoms with E-state index in [1.807, 2.05) is 18.2 Å². The van der Waals surface area contributed by atoms with Crippen molar-refractivity contribution >= 4 is 19.8 Å². The Balaban J connectivity index is 4.36. The highest BCUT2D eigenvalue weighted by Gasteiger charge is 2.25. The van der Waals surface area contributed by atoms with Gasteiger partial charge in [-0.1, -0.05) is 163 Å². The minimum atomic E-state index is -4.41. The Morgan fingerprint density at radius 2 is 1.00 bits per heavy atom. The molecule has 55 heavy (non-hydrogen) atoms. The summed E-state index contributed by atoms with van der Waals surface area (Å²) < 4.78 is 32.6. The summed E-state index contributed by atoms with van der Waals surface area (Å²) in [5.41, 5.74) is 5.33. The molecule has 2 atom stereocenters. The van der Waals surface area contributed by atoms with E-state index in [2.05, 4.69) is 80.7 Å². The lowest BCUT2D eigenvalue weighted by atomic mass is 10.1. The standard InChI is InChI=1S/C45H76NO8P/c1-3-5-7-9-11-13-15-17-19-20-21-22-24-26-28-30-32-34-36-38-45(48)54-43(42-53-55(49,50)52-40-39-46)41-51-44(47)37-35-33-31-29-27-25-23-18-16-14-12-10-8-6-4-2/h5,7,11,13,17,19,21-22,26,28,31-34,43H,3-4,6,8-10,12,14-16,18,20,23-25,27,29-30,35-42,46H2,1-2H3,(H,49,50)/b7-5-,13-11-,19-17-,22-21-,28-26-,33-31-,34-32-. The number of hydrogen-bond donors (Lipinski definition) is 2. The van der Waals surface area contributed by atoms with E-state index in [0.29, 0.717) is 12.8 Å². The monoisotopic (exact) mass is 790 g/mol. The summed E-state index contributed by atoms with van der Waals surface area (Å²) in [4.78, 5) is 34.8. The molecule has 0 saturated heterocycles. The number of phosphoric ester groups is 1. The lowest BCUT2D eigenvalue weighted by Gasteiger charge is -2.19. The minimum absolute atomic E-state index is 0.0340. The molecule has 0 fully saturated rings. The van der Waals surface area contributed by atoms with Crippen molar-refractivity contribution < 1.29 is 37.6 Å². The number of phosphoric acid groups is 1. The Labute approximate surface area is 334 Å². The average Bonchev–Trinajstić information content (AvgIpc) is 3.17. The van der Waals surface area contributed by atoms with Crippen LogP contribution in [0.4, 0.5) is 0 Å². The van der Waals surface area contributed by atoms with Gasteiger partial charge in [0.25, 0.3) is 0 Å². The molecule has 0 amide bonds. The van der Waals surface area contributed by atoms with Crippen LogP contribution in [0, 0.1) is 0 Å². The van der Waals surface area contributed by atoms with Crippen molar-refractivity contribution in [3.05, 3.63) is 85.1 Å². The first-order valence-electron chi connectivity index (χ1n) is 21.1. The van der Waals surface area contributed by atoms with Crippen LogP contribution in [0.25, 0.3) is 0 Å². The summed E-state index contributed by atoms with van der Waals surface area (Å²) in [5, 5.41) is 0. The lowest BCUT2D eigenvalue weighted by Crippen LogP contribution is -2.29. The predicted molar refractivity (Wildman–Crippen MR) is 229 cm³/mol. The van der Waals surface area contributed by atoms with Gasteiger partial charge in [0.15, 0.2) is 6.10 Å². The molecule has 0 heterocycles. The van der Waals surface area contributed by atoms with E-state index in [1.54, 1.807) is 0 Å². The van der Waals surface area contributed by atoms with Crippen LogP contribution in [0.1, 0.15) is 155 Å². The van der Waals surface area contributed by atoms with Crippen molar-refractivity contribution in [1.82, 2.24) is 0 Å². The van der Waals surface area contributed by atoms with Gasteiger partial charge in [0.2, 0.25) is 0 Å². The Morgan fingerprint density at radius 1 is 0.564 bits per heavy atom. The molecule has 0 saturated carbocycles. The number of allylic oxidation sites excluding steroid dienone is 14. The normalized spacial score (nSPS) is 14.2. The first kappa shape index (κ1) is 52.2. The van der Waals surface area contributed by atoms with Crippen LogP contribution in [0.15, 0.2) is 85.1 Å². The molecule has 0 spiro atoms. The van der Waals surface area contributed by atoms with Gasteiger partial charge < -0.3 is 20.1 Å². The molecule has 0 bridgehead atoms. The largest absolute Gasteiger partial charge is 0.472 e. The van der Waals surface area contributed by atoms with Crippen molar-refractivity contribution in [2.45, 2.75) is 161 Å². The third kappa shape index (κ3) is 40.7. The number of esters is 2. The second kappa shape index (κ2) is 40.8. The molecule has 10 heteroatoms. The fourth-order valence-electron chi connectivity index (χ4n) is 5.21. The van der Waals surface area contributed by atoms with Crippen molar-refractivity contribution in [2.24, 2.45) is 5.73 Å². The summed E-state index contributed by atoms with van der Waals surface area (Å²) in [6, 6.07) is 0. The van der Waals surface area contributed by atoms with E-state index in [1.165, 1.54) is 64.2 Å². The molecule has 0 radical (unpaired) electrons. The maximum atomic E-state index is 12.5. The molecule has 2 unspecified atom stereocenters. The first-order valence-corrected chi connectivity index (χ1v) is 22.6. The topological polar surface area (TPSA) is 134 Å². The van der Waals surface area contributed by atoms with Gasteiger partial charge in [-0.15, -0.1) is 0 Å². The van der Waals surface area contributed by atoms with Gasteiger partial charge in [-0.05, 0) is 64.2 Å². The summed E-state index contributed by atoms with van der Waals surface area (Å²) in [6.07, 6.45) is 50.7. The highest BCUT2D eigenvalue weighted by Crippen LogP contribution is 2.43. The van der Waals surface area contributed by atoms with Crippen LogP contribution in [-0.4, -0.2) is 49.3 Å². The van der Waals surface area contributed by atoms with Gasteiger partial charge in [0.1, 0.15) is 6.61 Å². The van der Waals surface area contributed by atoms with Crippen LogP contribution < -0.4 is 5.73 Å². The van der Waals surface area contributed by atoms with Gasteiger partial charge in [0, 0.05) is 19.4 Å². The van der Waals surface area contributed by atoms with E-state index >= 15 is 0 Å². The van der Waals surface area contributed by atoms with E-state index in [9.17, 15) is 19.0 Å². The van der Waals surface area contributed by atoms with Gasteiger partial charge in [-0.3, -0.25) is 18.6 Å². The third-order valence-electron chi connectivity index (χ3n) is 8.29. The maximum absolute atomic E-state index is 12.5. The summed E-state index contributed by atoms with van der Waals surface area (Å²) in [5.74, 6) is -0.991. The Kier molecular flexibility index (Phi) is 38.8. The number of rotatable bonds is 38. The fraction of sp³-hybridized carbons (Fsp3) is 0.644. The highest BCUT2D eigenvalue weighted by molar-refractivity contribution is 7.47. The van der Waals surface area contributed by atoms with E-state index < -0.39 is 32.5 Å². The molecular formula is C45H76NO8P. The van der Waals surface area contributed by atoms with Gasteiger partial charge in [-0.2, -0.15) is 0 Å². The van der Waals surface area contributed by atoms with Gasteiger partial charge in [-0.25, -0.2) is 4.57 Å². The molecule has 0 aliphatic carbocycles. The molecule has 0 aliphatic heterocycles. The zero-order valence-electron chi connectivity index (χ0n) is 34.4. The molecule has 3 N–H and O–H groups in total. The zero-order chi connectivity index (χ0) is 40.3. The Hall–Kier alpha value is -2.81. The molecule has 0 aromatic rings. The molecule has 0 aromatic carbocycles. The Bertz CT molecular complexity index is 1170.